The van der Waals surface area contributed by atoms with E-state index in [4.69, 9.17) is 4.74 Å². The van der Waals surface area contributed by atoms with Gasteiger partial charge in [-0.2, -0.15) is 0 Å². The smallest absolute Gasteiger partial charge is 0.295 e. The molecule has 0 aliphatic carbocycles. The number of ketones is 1. The summed E-state index contributed by atoms with van der Waals surface area (Å²) in [7, 11) is 3.99. The standard InChI is InChI=1S/C25H28N2O4/c1-5-15-31-20-12-11-19(16-17(20)2)23(28)21-22(18-9-7-6-8-10-18)27(14-13-26(3)4)25(30)24(21)29/h5-12,16,22,28H,1,13-15H2,2-4H3/p+1/t22-/m0/s1. The Bertz CT molecular complexity index is 1010. The van der Waals surface area contributed by atoms with Crippen LogP contribution in [-0.4, -0.2) is 55.5 Å². The maximum atomic E-state index is 13.0. The summed E-state index contributed by atoms with van der Waals surface area (Å²) in [4.78, 5) is 28.6. The number of nitrogens with zero attached hydrogens (tertiary/aromatic N) is 1. The Morgan fingerprint density at radius 3 is 2.52 bits per heavy atom. The summed E-state index contributed by atoms with van der Waals surface area (Å²) >= 11 is 0. The number of carbonyl (C=O) groups is 2. The van der Waals surface area contributed by atoms with Gasteiger partial charge in [-0.1, -0.05) is 43.0 Å². The van der Waals surface area contributed by atoms with Crippen LogP contribution in [0.4, 0.5) is 0 Å². The molecule has 6 nitrogen and oxygen atoms in total. The number of hydrogen-bond acceptors (Lipinski definition) is 4. The summed E-state index contributed by atoms with van der Waals surface area (Å²) < 4.78 is 5.60. The molecule has 0 saturated carbocycles. The molecule has 162 valence electrons. The van der Waals surface area contributed by atoms with E-state index >= 15 is 0 Å². The molecule has 31 heavy (non-hydrogen) atoms. The van der Waals surface area contributed by atoms with Crippen LogP contribution in [0.5, 0.6) is 5.75 Å². The van der Waals surface area contributed by atoms with Crippen LogP contribution in [0, 0.1) is 6.92 Å². The van der Waals surface area contributed by atoms with Crippen LogP contribution in [0.15, 0.2) is 66.8 Å². The number of hydrogen-bond donors (Lipinski definition) is 2. The van der Waals surface area contributed by atoms with E-state index in [1.54, 1.807) is 29.2 Å². The zero-order chi connectivity index (χ0) is 22.5. The molecule has 1 heterocycles. The Hall–Kier alpha value is -3.38. The Morgan fingerprint density at radius 1 is 1.19 bits per heavy atom. The van der Waals surface area contributed by atoms with Gasteiger partial charge in [0.05, 0.1) is 38.8 Å². The second-order valence-electron chi connectivity index (χ2n) is 7.94. The predicted octanol–water partition coefficient (Wildman–Crippen LogP) is 2.13. The number of likely N-dealkylation sites (tertiary alicyclic amines) is 1. The third-order valence-electron chi connectivity index (χ3n) is 5.31. The highest BCUT2D eigenvalue weighted by molar-refractivity contribution is 6.46. The molecule has 3 rings (SSSR count). The number of benzene rings is 2. The van der Waals surface area contributed by atoms with Crippen molar-refractivity contribution in [3.05, 3.63) is 83.4 Å². The van der Waals surface area contributed by atoms with E-state index in [9.17, 15) is 14.7 Å². The van der Waals surface area contributed by atoms with E-state index in [1.807, 2.05) is 51.4 Å². The number of likely N-dealkylation sites (N-methyl/N-ethyl adjacent to an activating group) is 1. The van der Waals surface area contributed by atoms with Gasteiger partial charge < -0.3 is 19.6 Å². The molecule has 6 heteroatoms. The maximum absolute atomic E-state index is 13.0. The lowest BCUT2D eigenvalue weighted by Crippen LogP contribution is -3.06. The number of Topliss-reactive ketones (excluding diaryl/α,β-unsaturated/α-hetero) is 1. The van der Waals surface area contributed by atoms with Crippen molar-refractivity contribution in [1.29, 1.82) is 0 Å². The Balaban J connectivity index is 2.08. The quantitative estimate of drug-likeness (QED) is 0.297. The molecule has 2 aromatic rings. The molecular weight excluding hydrogens is 392 g/mol. The predicted molar refractivity (Wildman–Crippen MR) is 120 cm³/mol. The number of carbonyl (C=O) groups excluding carboxylic acids is 2. The van der Waals surface area contributed by atoms with Crippen molar-refractivity contribution < 1.29 is 24.3 Å². The SMILES string of the molecule is C=CCOc1ccc(C(O)=C2C(=O)C(=O)N(CC[NH+](C)C)[C@H]2c2ccccc2)cc1C. The van der Waals surface area contributed by atoms with Crippen LogP contribution in [0.25, 0.3) is 5.76 Å². The van der Waals surface area contributed by atoms with E-state index in [0.29, 0.717) is 31.0 Å². The van der Waals surface area contributed by atoms with Gasteiger partial charge in [0.1, 0.15) is 18.1 Å². The summed E-state index contributed by atoms with van der Waals surface area (Å²) in [6.45, 7) is 6.98. The molecule has 0 radical (unpaired) electrons. The molecule has 2 N–H and O–H groups in total. The third kappa shape index (κ3) is 4.70. The summed E-state index contributed by atoms with van der Waals surface area (Å²) in [6, 6.07) is 13.9. The molecule has 0 spiro atoms. The van der Waals surface area contributed by atoms with Crippen molar-refractivity contribution in [2.24, 2.45) is 0 Å². The number of amides is 1. The summed E-state index contributed by atoms with van der Waals surface area (Å²) in [6.07, 6.45) is 1.66. The molecule has 1 fully saturated rings. The van der Waals surface area contributed by atoms with Crippen molar-refractivity contribution in [3.8, 4) is 5.75 Å². The highest BCUT2D eigenvalue weighted by Gasteiger charge is 2.46. The normalized spacial score (nSPS) is 17.9. The lowest BCUT2D eigenvalue weighted by molar-refractivity contribution is -0.857. The van der Waals surface area contributed by atoms with Gasteiger partial charge in [-0.15, -0.1) is 0 Å². The lowest BCUT2D eigenvalue weighted by atomic mass is 9.95. The molecule has 0 unspecified atom stereocenters. The largest absolute Gasteiger partial charge is 0.507 e. The number of aliphatic hydroxyl groups is 1. The Morgan fingerprint density at radius 2 is 1.90 bits per heavy atom. The number of rotatable bonds is 8. The Labute approximate surface area is 183 Å². The topological polar surface area (TPSA) is 71.3 Å². The molecule has 1 amide bonds. The highest BCUT2D eigenvalue weighted by Crippen LogP contribution is 2.39. The van der Waals surface area contributed by atoms with Crippen molar-refractivity contribution >= 4 is 17.4 Å². The molecule has 1 aliphatic heterocycles. The molecular formula is C25H29N2O4+. The number of ether oxygens (including phenoxy) is 1. The fraction of sp³-hybridized carbons (Fsp3) is 0.280. The summed E-state index contributed by atoms with van der Waals surface area (Å²) in [5, 5.41) is 11.1. The minimum Gasteiger partial charge on any atom is -0.507 e. The van der Waals surface area contributed by atoms with Crippen LogP contribution >= 0.6 is 0 Å². The number of nitrogens with one attached hydrogen (secondary N) is 1. The van der Waals surface area contributed by atoms with Gasteiger partial charge in [0, 0.05) is 5.56 Å². The molecule has 0 bridgehead atoms. The second kappa shape index (κ2) is 9.62. The fourth-order valence-electron chi connectivity index (χ4n) is 3.70. The average molecular weight is 422 g/mol. The van der Waals surface area contributed by atoms with Crippen molar-refractivity contribution in [2.45, 2.75) is 13.0 Å². The summed E-state index contributed by atoms with van der Waals surface area (Å²) in [5.41, 5.74) is 2.19. The number of aryl methyl sites for hydroxylation is 1. The van der Waals surface area contributed by atoms with Gasteiger partial charge in [-0.3, -0.25) is 9.59 Å². The lowest BCUT2D eigenvalue weighted by Gasteiger charge is -2.25. The van der Waals surface area contributed by atoms with Gasteiger partial charge >= 0.3 is 0 Å². The van der Waals surface area contributed by atoms with Crippen LogP contribution in [-0.2, 0) is 9.59 Å². The first kappa shape index (κ1) is 22.3. The molecule has 1 atom stereocenters. The van der Waals surface area contributed by atoms with E-state index in [2.05, 4.69) is 6.58 Å². The van der Waals surface area contributed by atoms with Crippen molar-refractivity contribution in [2.75, 3.05) is 33.8 Å². The second-order valence-corrected chi connectivity index (χ2v) is 7.94. The monoisotopic (exact) mass is 421 g/mol. The van der Waals surface area contributed by atoms with Crippen LogP contribution in [0.1, 0.15) is 22.7 Å². The zero-order valence-electron chi connectivity index (χ0n) is 18.2. The Kier molecular flexibility index (Phi) is 6.92. The molecule has 2 aromatic carbocycles. The van der Waals surface area contributed by atoms with E-state index in [-0.39, 0.29) is 11.3 Å². The van der Waals surface area contributed by atoms with E-state index in [0.717, 1.165) is 11.1 Å². The molecule has 1 saturated heterocycles. The van der Waals surface area contributed by atoms with Crippen LogP contribution in [0.3, 0.4) is 0 Å². The van der Waals surface area contributed by atoms with E-state index < -0.39 is 17.7 Å². The van der Waals surface area contributed by atoms with Gasteiger partial charge in [-0.05, 0) is 36.2 Å². The minimum atomic E-state index is -0.662. The van der Waals surface area contributed by atoms with Crippen molar-refractivity contribution in [1.82, 2.24) is 4.90 Å². The highest BCUT2D eigenvalue weighted by atomic mass is 16.5. The van der Waals surface area contributed by atoms with Crippen molar-refractivity contribution in [3.63, 3.8) is 0 Å². The van der Waals surface area contributed by atoms with Gasteiger partial charge in [-0.25, -0.2) is 0 Å². The fourth-order valence-corrected chi connectivity index (χ4v) is 3.70. The first-order valence-electron chi connectivity index (χ1n) is 10.3. The molecule has 1 aliphatic rings. The average Bonchev–Trinajstić information content (AvgIpc) is 3.01. The number of quaternary nitrogens is 1. The zero-order valence-corrected chi connectivity index (χ0v) is 18.2. The van der Waals surface area contributed by atoms with Crippen LogP contribution < -0.4 is 9.64 Å². The first-order chi connectivity index (χ1) is 14.8. The van der Waals surface area contributed by atoms with Crippen LogP contribution in [0.2, 0.25) is 0 Å². The van der Waals surface area contributed by atoms with Gasteiger partial charge in [0.25, 0.3) is 11.7 Å². The minimum absolute atomic E-state index is 0.115. The summed E-state index contributed by atoms with van der Waals surface area (Å²) in [5.74, 6) is -0.750. The maximum Gasteiger partial charge on any atom is 0.295 e. The molecule has 0 aromatic heterocycles. The van der Waals surface area contributed by atoms with E-state index in [1.165, 1.54) is 4.90 Å². The van der Waals surface area contributed by atoms with Gasteiger partial charge in [0.15, 0.2) is 0 Å². The van der Waals surface area contributed by atoms with Gasteiger partial charge in [0.2, 0.25) is 0 Å². The third-order valence-corrected chi connectivity index (χ3v) is 5.31. The number of aliphatic hydroxyl groups excluding tert-OH is 1. The first-order valence-corrected chi connectivity index (χ1v) is 10.3.